The number of carbonyl (C=O) groups is 1. The number of nitrogens with zero attached hydrogens (tertiary/aromatic N) is 1. The number of rotatable bonds is 5. The molecule has 0 fully saturated rings. The summed E-state index contributed by atoms with van der Waals surface area (Å²) in [7, 11) is 0. The van der Waals surface area contributed by atoms with Crippen LogP contribution in [-0.4, -0.2) is 18.7 Å². The summed E-state index contributed by atoms with van der Waals surface area (Å²) >= 11 is 5.76. The number of anilines is 1. The third-order valence-electron chi connectivity index (χ3n) is 2.80. The number of halogens is 2. The topological polar surface area (TPSA) is 50.7 Å². The van der Waals surface area contributed by atoms with Gasteiger partial charge in [0.25, 0.3) is 5.91 Å². The van der Waals surface area contributed by atoms with Crippen LogP contribution in [-0.2, 0) is 9.63 Å². The molecular weight excluding hydrogens is 307 g/mol. The van der Waals surface area contributed by atoms with Crippen molar-refractivity contribution in [3.05, 3.63) is 64.4 Å². The molecule has 0 saturated heterocycles. The molecule has 1 amide bonds. The lowest BCUT2D eigenvalue weighted by atomic mass is 10.2. The number of hydrogen-bond donors (Lipinski definition) is 1. The van der Waals surface area contributed by atoms with Gasteiger partial charge in [0, 0.05) is 10.7 Å². The van der Waals surface area contributed by atoms with Crippen LogP contribution in [0.25, 0.3) is 0 Å². The molecule has 0 radical (unpaired) electrons. The van der Waals surface area contributed by atoms with Gasteiger partial charge in [-0.25, -0.2) is 4.39 Å². The quantitative estimate of drug-likeness (QED) is 0.673. The minimum atomic E-state index is -0.420. The average Bonchev–Trinajstić information content (AvgIpc) is 2.49. The van der Waals surface area contributed by atoms with E-state index in [1.165, 1.54) is 12.3 Å². The Labute approximate surface area is 132 Å². The Morgan fingerprint density at radius 1 is 1.32 bits per heavy atom. The molecule has 2 aromatic carbocycles. The number of benzene rings is 2. The Kier molecular flexibility index (Phi) is 5.49. The molecule has 0 saturated carbocycles. The minimum Gasteiger partial charge on any atom is -0.386 e. The Balaban J connectivity index is 1.80. The highest BCUT2D eigenvalue weighted by Gasteiger charge is 2.04. The van der Waals surface area contributed by atoms with E-state index in [1.807, 2.05) is 0 Å². The standard InChI is InChI=1S/C16H14ClFN2O2/c1-11-2-7-14(8-15(11)18)20-16(21)10-22-19-9-12-3-5-13(17)6-4-12/h2-9H,10H2,1H3,(H,20,21)/b19-9+. The zero-order chi connectivity index (χ0) is 15.9. The van der Waals surface area contributed by atoms with Crippen LogP contribution in [0.15, 0.2) is 47.6 Å². The fourth-order valence-electron chi connectivity index (χ4n) is 1.61. The molecule has 4 nitrogen and oxygen atoms in total. The zero-order valence-corrected chi connectivity index (χ0v) is 12.6. The van der Waals surface area contributed by atoms with Gasteiger partial charge in [-0.1, -0.05) is 35.0 Å². The van der Waals surface area contributed by atoms with Gasteiger partial charge in [0.05, 0.1) is 6.21 Å². The van der Waals surface area contributed by atoms with Crippen LogP contribution in [0.5, 0.6) is 0 Å². The van der Waals surface area contributed by atoms with Gasteiger partial charge in [0.1, 0.15) is 5.82 Å². The second-order valence-corrected chi connectivity index (χ2v) is 5.01. The van der Waals surface area contributed by atoms with E-state index in [9.17, 15) is 9.18 Å². The van der Waals surface area contributed by atoms with Crippen molar-refractivity contribution in [1.29, 1.82) is 0 Å². The number of carbonyl (C=O) groups excluding carboxylic acids is 1. The van der Waals surface area contributed by atoms with Crippen molar-refractivity contribution < 1.29 is 14.0 Å². The summed E-state index contributed by atoms with van der Waals surface area (Å²) in [6.45, 7) is 1.38. The van der Waals surface area contributed by atoms with Crippen LogP contribution in [0.4, 0.5) is 10.1 Å². The third-order valence-corrected chi connectivity index (χ3v) is 3.05. The monoisotopic (exact) mass is 320 g/mol. The summed E-state index contributed by atoms with van der Waals surface area (Å²) in [4.78, 5) is 16.5. The lowest BCUT2D eigenvalue weighted by molar-refractivity contribution is -0.120. The van der Waals surface area contributed by atoms with Gasteiger partial charge in [-0.2, -0.15) is 0 Å². The fraction of sp³-hybridized carbons (Fsp3) is 0.125. The van der Waals surface area contributed by atoms with Crippen LogP contribution in [0, 0.1) is 12.7 Å². The van der Waals surface area contributed by atoms with E-state index in [0.717, 1.165) is 5.56 Å². The molecule has 0 aromatic heterocycles. The third kappa shape index (κ3) is 4.86. The molecule has 6 heteroatoms. The van der Waals surface area contributed by atoms with Gasteiger partial charge >= 0.3 is 0 Å². The van der Waals surface area contributed by atoms with Crippen molar-refractivity contribution in [2.45, 2.75) is 6.92 Å². The summed E-state index contributed by atoms with van der Waals surface area (Å²) in [6.07, 6.45) is 1.47. The number of aryl methyl sites for hydroxylation is 1. The number of hydrogen-bond acceptors (Lipinski definition) is 3. The van der Waals surface area contributed by atoms with Gasteiger partial charge in [0.15, 0.2) is 6.61 Å². The smallest absolute Gasteiger partial charge is 0.265 e. The van der Waals surface area contributed by atoms with Crippen molar-refractivity contribution >= 4 is 29.4 Å². The predicted octanol–water partition coefficient (Wildman–Crippen LogP) is 3.78. The average molecular weight is 321 g/mol. The van der Waals surface area contributed by atoms with Crippen LogP contribution in [0.3, 0.4) is 0 Å². The SMILES string of the molecule is Cc1ccc(NC(=O)CO/N=C/c2ccc(Cl)cc2)cc1F. The highest BCUT2D eigenvalue weighted by atomic mass is 35.5. The van der Waals surface area contributed by atoms with Crippen molar-refractivity contribution in [2.24, 2.45) is 5.16 Å². The predicted molar refractivity (Wildman–Crippen MR) is 84.8 cm³/mol. The van der Waals surface area contributed by atoms with Gasteiger partial charge in [-0.05, 0) is 42.3 Å². The Morgan fingerprint density at radius 3 is 2.73 bits per heavy atom. The van der Waals surface area contributed by atoms with Gasteiger partial charge in [-0.15, -0.1) is 0 Å². The molecule has 0 heterocycles. The molecule has 0 aliphatic rings. The van der Waals surface area contributed by atoms with Gasteiger partial charge < -0.3 is 10.2 Å². The van der Waals surface area contributed by atoms with Gasteiger partial charge in [-0.3, -0.25) is 4.79 Å². The van der Waals surface area contributed by atoms with Crippen molar-refractivity contribution in [2.75, 3.05) is 11.9 Å². The first-order valence-electron chi connectivity index (χ1n) is 6.51. The maximum absolute atomic E-state index is 13.3. The fourth-order valence-corrected chi connectivity index (χ4v) is 1.74. The van der Waals surface area contributed by atoms with E-state index in [4.69, 9.17) is 16.4 Å². The van der Waals surface area contributed by atoms with E-state index in [1.54, 1.807) is 43.3 Å². The second-order valence-electron chi connectivity index (χ2n) is 4.57. The molecule has 0 aliphatic heterocycles. The summed E-state index contributed by atoms with van der Waals surface area (Å²) in [5, 5.41) is 6.83. The van der Waals surface area contributed by atoms with E-state index < -0.39 is 5.91 Å². The Bertz CT molecular complexity index is 687. The van der Waals surface area contributed by atoms with Crippen molar-refractivity contribution in [3.8, 4) is 0 Å². The first-order valence-corrected chi connectivity index (χ1v) is 6.89. The van der Waals surface area contributed by atoms with E-state index >= 15 is 0 Å². The Morgan fingerprint density at radius 2 is 2.05 bits per heavy atom. The molecule has 2 rings (SSSR count). The van der Waals surface area contributed by atoms with E-state index in [0.29, 0.717) is 16.3 Å². The van der Waals surface area contributed by atoms with Crippen LogP contribution < -0.4 is 5.32 Å². The molecule has 0 bridgehead atoms. The summed E-state index contributed by atoms with van der Waals surface area (Å²) in [6, 6.07) is 11.4. The second kappa shape index (κ2) is 7.56. The number of oxime groups is 1. The molecule has 0 aliphatic carbocycles. The van der Waals surface area contributed by atoms with Crippen molar-refractivity contribution in [3.63, 3.8) is 0 Å². The maximum atomic E-state index is 13.3. The zero-order valence-electron chi connectivity index (χ0n) is 11.8. The molecule has 0 unspecified atom stereocenters. The lowest BCUT2D eigenvalue weighted by Crippen LogP contribution is -2.17. The van der Waals surface area contributed by atoms with Crippen LogP contribution >= 0.6 is 11.6 Å². The highest BCUT2D eigenvalue weighted by Crippen LogP contribution is 2.13. The molecule has 0 spiro atoms. The lowest BCUT2D eigenvalue weighted by Gasteiger charge is -2.05. The number of nitrogens with one attached hydrogen (secondary N) is 1. The van der Waals surface area contributed by atoms with E-state index in [2.05, 4.69) is 10.5 Å². The normalized spacial score (nSPS) is 10.7. The molecule has 0 atom stereocenters. The highest BCUT2D eigenvalue weighted by molar-refractivity contribution is 6.30. The molecule has 22 heavy (non-hydrogen) atoms. The molecule has 2 aromatic rings. The molecule has 1 N–H and O–H groups in total. The molecular formula is C16H14ClFN2O2. The summed E-state index contributed by atoms with van der Waals surface area (Å²) in [5.41, 5.74) is 1.69. The largest absolute Gasteiger partial charge is 0.386 e. The Hall–Kier alpha value is -2.40. The maximum Gasteiger partial charge on any atom is 0.265 e. The van der Waals surface area contributed by atoms with Crippen molar-refractivity contribution in [1.82, 2.24) is 0 Å². The van der Waals surface area contributed by atoms with Crippen LogP contribution in [0.2, 0.25) is 5.02 Å². The van der Waals surface area contributed by atoms with E-state index in [-0.39, 0.29) is 12.4 Å². The summed E-state index contributed by atoms with van der Waals surface area (Å²) in [5.74, 6) is -0.795. The molecule has 114 valence electrons. The first kappa shape index (κ1) is 16.0. The van der Waals surface area contributed by atoms with Gasteiger partial charge in [0.2, 0.25) is 0 Å². The van der Waals surface area contributed by atoms with Crippen LogP contribution in [0.1, 0.15) is 11.1 Å². The first-order chi connectivity index (χ1) is 10.5. The number of amides is 1. The summed E-state index contributed by atoms with van der Waals surface area (Å²) < 4.78 is 13.3. The minimum absolute atomic E-state index is 0.264.